The molecular weight excluding hydrogens is 338 g/mol. The van der Waals surface area contributed by atoms with Crippen LogP contribution in [0.2, 0.25) is 0 Å². The third kappa shape index (κ3) is 4.60. The highest BCUT2D eigenvalue weighted by atomic mass is 16.6. The molecule has 0 saturated carbocycles. The molecule has 1 aromatic rings. The van der Waals surface area contributed by atoms with Gasteiger partial charge in [0.2, 0.25) is 11.7 Å². The Balaban J connectivity index is 2.08. The lowest BCUT2D eigenvalue weighted by molar-refractivity contribution is -0.155. The number of nitriles is 1. The summed E-state index contributed by atoms with van der Waals surface area (Å²) in [6.07, 6.45) is -0.920. The van der Waals surface area contributed by atoms with Gasteiger partial charge in [0.1, 0.15) is 0 Å². The van der Waals surface area contributed by atoms with Crippen LogP contribution in [0.5, 0.6) is 0 Å². The summed E-state index contributed by atoms with van der Waals surface area (Å²) in [5.41, 5.74) is 0.385. The Morgan fingerprint density at radius 3 is 2.73 bits per heavy atom. The molecule has 1 N–H and O–H groups in total. The number of hydrogen-bond acceptors (Lipinski definition) is 7. The Bertz CT molecular complexity index is 767. The molecular formula is C18H19N3O5. The number of hydrogen-bond donors (Lipinski definition) is 1. The summed E-state index contributed by atoms with van der Waals surface area (Å²) in [6.45, 7) is 1.36. The van der Waals surface area contributed by atoms with Gasteiger partial charge in [0.25, 0.3) is 5.91 Å². The second-order valence-electron chi connectivity index (χ2n) is 5.62. The number of esters is 1. The summed E-state index contributed by atoms with van der Waals surface area (Å²) in [5.74, 6) is -1.91. The van der Waals surface area contributed by atoms with E-state index in [1.165, 1.54) is 18.9 Å². The van der Waals surface area contributed by atoms with E-state index >= 15 is 0 Å². The Labute approximate surface area is 151 Å². The van der Waals surface area contributed by atoms with Crippen LogP contribution in [-0.2, 0) is 23.9 Å². The highest BCUT2D eigenvalue weighted by Crippen LogP contribution is 2.21. The van der Waals surface area contributed by atoms with E-state index in [-0.39, 0.29) is 31.0 Å². The Morgan fingerprint density at radius 1 is 1.38 bits per heavy atom. The molecule has 1 heterocycles. The molecule has 0 bridgehead atoms. The average molecular weight is 357 g/mol. The third-order valence-corrected chi connectivity index (χ3v) is 3.66. The van der Waals surface area contributed by atoms with E-state index < -0.39 is 23.8 Å². The molecule has 1 aromatic carbocycles. The Kier molecular flexibility index (Phi) is 6.33. The first kappa shape index (κ1) is 19.0. The van der Waals surface area contributed by atoms with Gasteiger partial charge in [-0.1, -0.05) is 18.2 Å². The summed E-state index contributed by atoms with van der Waals surface area (Å²) < 4.78 is 10.4. The standard InChI is InChI=1S/C18H19N3O5/c1-12(17(23)21(2)10-6-9-19)26-18(24)15-14(22)11-25-16(15)20-13-7-4-3-5-8-13/h3-5,7-8,12,20H,6,10-11H2,1-2H3/t12-/m0/s1. The highest BCUT2D eigenvalue weighted by molar-refractivity contribution is 6.20. The van der Waals surface area contributed by atoms with Gasteiger partial charge in [-0.15, -0.1) is 0 Å². The number of ketones is 1. The first-order valence-electron chi connectivity index (χ1n) is 7.99. The van der Waals surface area contributed by atoms with Gasteiger partial charge in [-0.2, -0.15) is 5.26 Å². The van der Waals surface area contributed by atoms with Crippen molar-refractivity contribution in [2.75, 3.05) is 25.5 Å². The molecule has 0 aliphatic carbocycles. The van der Waals surface area contributed by atoms with Crippen molar-refractivity contribution in [2.24, 2.45) is 0 Å². The molecule has 0 unspecified atom stereocenters. The molecule has 2 rings (SSSR count). The van der Waals surface area contributed by atoms with E-state index in [1.807, 2.05) is 12.1 Å². The molecule has 1 aliphatic heterocycles. The number of benzene rings is 1. The zero-order chi connectivity index (χ0) is 19.1. The van der Waals surface area contributed by atoms with Crippen LogP contribution in [0.15, 0.2) is 41.8 Å². The number of nitrogens with one attached hydrogen (secondary N) is 1. The van der Waals surface area contributed by atoms with E-state index in [4.69, 9.17) is 14.7 Å². The van der Waals surface area contributed by atoms with E-state index in [0.717, 1.165) is 0 Å². The summed E-state index contributed by atoms with van der Waals surface area (Å²) in [4.78, 5) is 37.8. The quantitative estimate of drug-likeness (QED) is 0.577. The van der Waals surface area contributed by atoms with Gasteiger partial charge in [0.15, 0.2) is 18.3 Å². The summed E-state index contributed by atoms with van der Waals surface area (Å²) in [5, 5.41) is 11.4. The number of para-hydroxylation sites is 1. The van der Waals surface area contributed by atoms with Crippen LogP contribution < -0.4 is 5.32 Å². The monoisotopic (exact) mass is 357 g/mol. The molecule has 1 amide bonds. The first-order valence-corrected chi connectivity index (χ1v) is 7.99. The topological polar surface area (TPSA) is 109 Å². The molecule has 136 valence electrons. The number of carbonyl (C=O) groups is 3. The van der Waals surface area contributed by atoms with Crippen LogP contribution in [0.25, 0.3) is 0 Å². The zero-order valence-corrected chi connectivity index (χ0v) is 14.5. The lowest BCUT2D eigenvalue weighted by Crippen LogP contribution is -2.38. The van der Waals surface area contributed by atoms with Crippen molar-refractivity contribution in [2.45, 2.75) is 19.4 Å². The van der Waals surface area contributed by atoms with Crippen molar-refractivity contribution < 1.29 is 23.9 Å². The van der Waals surface area contributed by atoms with Crippen molar-refractivity contribution in [3.63, 3.8) is 0 Å². The van der Waals surface area contributed by atoms with E-state index in [9.17, 15) is 14.4 Å². The van der Waals surface area contributed by atoms with Crippen molar-refractivity contribution in [1.82, 2.24) is 4.90 Å². The summed E-state index contributed by atoms with van der Waals surface area (Å²) >= 11 is 0. The van der Waals surface area contributed by atoms with Crippen LogP contribution in [0.4, 0.5) is 5.69 Å². The lowest BCUT2D eigenvalue weighted by atomic mass is 10.2. The molecule has 0 saturated heterocycles. The van der Waals surface area contributed by atoms with Gasteiger partial charge in [-0.25, -0.2) is 4.79 Å². The third-order valence-electron chi connectivity index (χ3n) is 3.66. The van der Waals surface area contributed by atoms with E-state index in [2.05, 4.69) is 5.32 Å². The maximum atomic E-state index is 12.4. The van der Waals surface area contributed by atoms with Gasteiger partial charge in [0.05, 0.1) is 12.5 Å². The number of rotatable bonds is 7. The van der Waals surface area contributed by atoms with E-state index in [1.54, 1.807) is 24.3 Å². The number of anilines is 1. The van der Waals surface area contributed by atoms with E-state index in [0.29, 0.717) is 5.69 Å². The first-order chi connectivity index (χ1) is 12.4. The fraction of sp³-hybridized carbons (Fsp3) is 0.333. The number of amides is 1. The molecule has 26 heavy (non-hydrogen) atoms. The number of likely N-dealkylation sites (N-methyl/N-ethyl adjacent to an activating group) is 1. The van der Waals surface area contributed by atoms with Crippen molar-refractivity contribution in [1.29, 1.82) is 5.26 Å². The fourth-order valence-corrected chi connectivity index (χ4v) is 2.27. The molecule has 0 radical (unpaired) electrons. The molecule has 0 spiro atoms. The van der Waals surface area contributed by atoms with Crippen LogP contribution in [-0.4, -0.2) is 48.9 Å². The van der Waals surface area contributed by atoms with Crippen molar-refractivity contribution in [3.8, 4) is 6.07 Å². The summed E-state index contributed by atoms with van der Waals surface area (Å²) in [7, 11) is 1.51. The molecule has 0 aromatic heterocycles. The lowest BCUT2D eigenvalue weighted by Gasteiger charge is -2.20. The van der Waals surface area contributed by atoms with Gasteiger partial charge < -0.3 is 19.7 Å². The van der Waals surface area contributed by atoms with Gasteiger partial charge in [-0.05, 0) is 19.1 Å². The van der Waals surface area contributed by atoms with Gasteiger partial charge >= 0.3 is 5.97 Å². The minimum Gasteiger partial charge on any atom is -0.470 e. The SMILES string of the molecule is C[C@H](OC(=O)C1=C(Nc2ccccc2)OCC1=O)C(=O)N(C)CCC#N. The van der Waals surface area contributed by atoms with Gasteiger partial charge in [-0.3, -0.25) is 9.59 Å². The van der Waals surface area contributed by atoms with Crippen LogP contribution in [0.1, 0.15) is 13.3 Å². The molecule has 8 nitrogen and oxygen atoms in total. The molecule has 8 heteroatoms. The molecule has 1 atom stereocenters. The zero-order valence-electron chi connectivity index (χ0n) is 14.5. The minimum atomic E-state index is -1.09. The maximum Gasteiger partial charge on any atom is 0.348 e. The molecule has 1 aliphatic rings. The Hall–Kier alpha value is -3.34. The maximum absolute atomic E-state index is 12.4. The van der Waals surface area contributed by atoms with Crippen LogP contribution in [0.3, 0.4) is 0 Å². The van der Waals surface area contributed by atoms with Crippen molar-refractivity contribution >= 4 is 23.3 Å². The predicted octanol–water partition coefficient (Wildman–Crippen LogP) is 1.21. The predicted molar refractivity (Wildman–Crippen MR) is 91.5 cm³/mol. The van der Waals surface area contributed by atoms with Crippen LogP contribution in [0, 0.1) is 11.3 Å². The smallest absolute Gasteiger partial charge is 0.348 e. The van der Waals surface area contributed by atoms with Crippen molar-refractivity contribution in [3.05, 3.63) is 41.8 Å². The molecule has 0 fully saturated rings. The largest absolute Gasteiger partial charge is 0.470 e. The number of carbonyl (C=O) groups excluding carboxylic acids is 3. The average Bonchev–Trinajstić information content (AvgIpc) is 3.00. The number of nitrogens with zero attached hydrogens (tertiary/aromatic N) is 2. The fourth-order valence-electron chi connectivity index (χ4n) is 2.27. The second kappa shape index (κ2) is 8.67. The Morgan fingerprint density at radius 2 is 2.08 bits per heavy atom. The van der Waals surface area contributed by atoms with Crippen LogP contribution >= 0.6 is 0 Å². The highest BCUT2D eigenvalue weighted by Gasteiger charge is 2.34. The normalized spacial score (nSPS) is 14.3. The van der Waals surface area contributed by atoms with Gasteiger partial charge in [0, 0.05) is 19.3 Å². The second-order valence-corrected chi connectivity index (χ2v) is 5.62. The minimum absolute atomic E-state index is 0.00341. The number of Topliss-reactive ketones (excluding diaryl/α,β-unsaturated/α-hetero) is 1. The number of ether oxygens (including phenoxy) is 2. The summed E-state index contributed by atoms with van der Waals surface area (Å²) in [6, 6.07) is 10.8.